The topological polar surface area (TPSA) is 21.3 Å². The minimum atomic E-state index is 0. The van der Waals surface area contributed by atoms with Crippen LogP contribution in [0.2, 0.25) is 0 Å². The number of hydrogen-bond acceptors (Lipinski definition) is 2. The van der Waals surface area contributed by atoms with Crippen LogP contribution in [-0.2, 0) is 5.41 Å². The van der Waals surface area contributed by atoms with Crippen molar-refractivity contribution in [2.75, 3.05) is 19.7 Å². The highest BCUT2D eigenvalue weighted by Crippen LogP contribution is 2.32. The third-order valence-electron chi connectivity index (χ3n) is 3.66. The number of halogens is 1. The van der Waals surface area contributed by atoms with Crippen LogP contribution in [-0.4, -0.2) is 19.7 Å². The van der Waals surface area contributed by atoms with Crippen molar-refractivity contribution in [2.24, 2.45) is 0 Å². The zero-order valence-electron chi connectivity index (χ0n) is 15.0. The first-order valence-electron chi connectivity index (χ1n) is 8.40. The van der Waals surface area contributed by atoms with Gasteiger partial charge in [-0.05, 0) is 56.3 Å². The molecule has 0 bridgehead atoms. The van der Waals surface area contributed by atoms with Gasteiger partial charge in [0.1, 0.15) is 5.75 Å². The molecule has 1 aromatic rings. The molecule has 0 fully saturated rings. The molecule has 22 heavy (non-hydrogen) atoms. The number of hydrogen-bond donors (Lipinski definition) is 1. The van der Waals surface area contributed by atoms with Crippen molar-refractivity contribution in [3.8, 4) is 5.75 Å². The molecule has 0 spiro atoms. The van der Waals surface area contributed by atoms with E-state index in [9.17, 15) is 0 Å². The second-order valence-electron chi connectivity index (χ2n) is 6.91. The van der Waals surface area contributed by atoms with Crippen molar-refractivity contribution < 1.29 is 4.74 Å². The SMILES string of the molecule is CCCCNCCCCOc1ccc(C)cc1C(C)(C)C.Cl. The lowest BCUT2D eigenvalue weighted by atomic mass is 9.85. The Morgan fingerprint density at radius 2 is 1.73 bits per heavy atom. The van der Waals surface area contributed by atoms with Gasteiger partial charge in [0.15, 0.2) is 0 Å². The molecule has 0 aliphatic heterocycles. The number of unbranched alkanes of at least 4 members (excludes halogenated alkanes) is 2. The van der Waals surface area contributed by atoms with Crippen LogP contribution in [0.1, 0.15) is 64.5 Å². The van der Waals surface area contributed by atoms with Crippen LogP contribution in [0.5, 0.6) is 5.75 Å². The lowest BCUT2D eigenvalue weighted by Gasteiger charge is -2.23. The Morgan fingerprint density at radius 3 is 2.36 bits per heavy atom. The quantitative estimate of drug-likeness (QED) is 0.624. The van der Waals surface area contributed by atoms with Gasteiger partial charge in [0.2, 0.25) is 0 Å². The van der Waals surface area contributed by atoms with Crippen LogP contribution in [0.4, 0.5) is 0 Å². The molecule has 1 N–H and O–H groups in total. The first-order chi connectivity index (χ1) is 9.95. The molecule has 1 aromatic carbocycles. The largest absolute Gasteiger partial charge is 0.493 e. The number of aryl methyl sites for hydroxylation is 1. The Bertz CT molecular complexity index is 412. The molecule has 0 unspecified atom stereocenters. The van der Waals surface area contributed by atoms with Crippen molar-refractivity contribution in [2.45, 2.75) is 65.7 Å². The van der Waals surface area contributed by atoms with Crippen molar-refractivity contribution in [1.82, 2.24) is 5.32 Å². The maximum absolute atomic E-state index is 6.02. The Morgan fingerprint density at radius 1 is 1.05 bits per heavy atom. The summed E-state index contributed by atoms with van der Waals surface area (Å²) >= 11 is 0. The summed E-state index contributed by atoms with van der Waals surface area (Å²) in [7, 11) is 0. The second-order valence-corrected chi connectivity index (χ2v) is 6.91. The molecule has 0 aliphatic carbocycles. The van der Waals surface area contributed by atoms with E-state index in [1.54, 1.807) is 0 Å². The van der Waals surface area contributed by atoms with Gasteiger partial charge in [-0.15, -0.1) is 12.4 Å². The Labute approximate surface area is 143 Å². The summed E-state index contributed by atoms with van der Waals surface area (Å²) in [5, 5.41) is 3.47. The highest BCUT2D eigenvalue weighted by atomic mass is 35.5. The fourth-order valence-corrected chi connectivity index (χ4v) is 2.32. The van der Waals surface area contributed by atoms with Crippen LogP contribution in [0, 0.1) is 6.92 Å². The monoisotopic (exact) mass is 327 g/mol. The minimum Gasteiger partial charge on any atom is -0.493 e. The molecular formula is C19H34ClNO. The molecule has 0 saturated carbocycles. The average Bonchev–Trinajstić information content (AvgIpc) is 2.42. The molecule has 0 aliphatic rings. The van der Waals surface area contributed by atoms with Gasteiger partial charge in [-0.1, -0.05) is 51.8 Å². The molecule has 0 amide bonds. The third-order valence-corrected chi connectivity index (χ3v) is 3.66. The number of rotatable bonds is 9. The normalized spacial score (nSPS) is 11.1. The van der Waals surface area contributed by atoms with E-state index in [1.807, 2.05) is 0 Å². The van der Waals surface area contributed by atoms with Gasteiger partial charge in [-0.3, -0.25) is 0 Å². The Hall–Kier alpha value is -0.730. The van der Waals surface area contributed by atoms with E-state index >= 15 is 0 Å². The Kier molecular flexibility index (Phi) is 10.5. The molecule has 0 atom stereocenters. The highest BCUT2D eigenvalue weighted by molar-refractivity contribution is 5.85. The second kappa shape index (κ2) is 10.9. The summed E-state index contributed by atoms with van der Waals surface area (Å²) in [5.74, 6) is 1.05. The van der Waals surface area contributed by atoms with E-state index in [-0.39, 0.29) is 17.8 Å². The summed E-state index contributed by atoms with van der Waals surface area (Å²) in [4.78, 5) is 0. The molecule has 128 valence electrons. The van der Waals surface area contributed by atoms with Crippen LogP contribution >= 0.6 is 12.4 Å². The van der Waals surface area contributed by atoms with Crippen molar-refractivity contribution >= 4 is 12.4 Å². The summed E-state index contributed by atoms with van der Waals surface area (Å²) in [5.41, 5.74) is 2.74. The van der Waals surface area contributed by atoms with Crippen molar-refractivity contribution in [3.05, 3.63) is 29.3 Å². The standard InChI is InChI=1S/C19H33NO.ClH/c1-6-7-12-20-13-8-9-14-21-18-11-10-16(2)15-17(18)19(3,4)5;/h10-11,15,20H,6-9,12-14H2,1-5H3;1H. The molecule has 0 radical (unpaired) electrons. The van der Waals surface area contributed by atoms with Crippen molar-refractivity contribution in [3.63, 3.8) is 0 Å². The van der Waals surface area contributed by atoms with Gasteiger partial charge in [-0.2, -0.15) is 0 Å². The average molecular weight is 328 g/mol. The van der Waals surface area contributed by atoms with Gasteiger partial charge in [0.25, 0.3) is 0 Å². The van der Waals surface area contributed by atoms with Crippen LogP contribution in [0.25, 0.3) is 0 Å². The number of benzene rings is 1. The van der Waals surface area contributed by atoms with E-state index in [0.29, 0.717) is 0 Å². The van der Waals surface area contributed by atoms with Gasteiger partial charge < -0.3 is 10.1 Å². The summed E-state index contributed by atoms with van der Waals surface area (Å²) < 4.78 is 6.02. The fourth-order valence-electron chi connectivity index (χ4n) is 2.32. The van der Waals surface area contributed by atoms with E-state index in [2.05, 4.69) is 58.1 Å². The Balaban J connectivity index is 0.00000441. The van der Waals surface area contributed by atoms with E-state index in [0.717, 1.165) is 31.9 Å². The maximum atomic E-state index is 6.02. The summed E-state index contributed by atoms with van der Waals surface area (Å²) in [6.45, 7) is 14.1. The molecule has 1 rings (SSSR count). The highest BCUT2D eigenvalue weighted by Gasteiger charge is 2.18. The smallest absolute Gasteiger partial charge is 0.123 e. The van der Waals surface area contributed by atoms with Crippen LogP contribution in [0.3, 0.4) is 0 Å². The third kappa shape index (κ3) is 8.05. The molecule has 2 nitrogen and oxygen atoms in total. The summed E-state index contributed by atoms with van der Waals surface area (Å²) in [6.07, 6.45) is 4.82. The first-order valence-corrected chi connectivity index (χ1v) is 8.40. The summed E-state index contributed by atoms with van der Waals surface area (Å²) in [6, 6.07) is 6.51. The van der Waals surface area contributed by atoms with E-state index in [1.165, 1.54) is 30.4 Å². The molecular weight excluding hydrogens is 294 g/mol. The predicted octanol–water partition coefficient (Wildman–Crippen LogP) is 5.26. The predicted molar refractivity (Wildman–Crippen MR) is 99.6 cm³/mol. The number of nitrogens with one attached hydrogen (secondary N) is 1. The molecule has 3 heteroatoms. The first kappa shape index (κ1) is 21.3. The maximum Gasteiger partial charge on any atom is 0.123 e. The van der Waals surface area contributed by atoms with E-state index < -0.39 is 0 Å². The molecule has 0 saturated heterocycles. The lowest BCUT2D eigenvalue weighted by molar-refractivity contribution is 0.298. The van der Waals surface area contributed by atoms with Gasteiger partial charge in [0.05, 0.1) is 6.61 Å². The van der Waals surface area contributed by atoms with Crippen LogP contribution in [0.15, 0.2) is 18.2 Å². The lowest BCUT2D eigenvalue weighted by Crippen LogP contribution is -2.17. The zero-order chi connectivity index (χ0) is 15.7. The fraction of sp³-hybridized carbons (Fsp3) is 0.684. The van der Waals surface area contributed by atoms with Crippen LogP contribution < -0.4 is 10.1 Å². The molecule has 0 aromatic heterocycles. The van der Waals surface area contributed by atoms with Gasteiger partial charge in [0, 0.05) is 0 Å². The van der Waals surface area contributed by atoms with Gasteiger partial charge in [-0.25, -0.2) is 0 Å². The van der Waals surface area contributed by atoms with Gasteiger partial charge >= 0.3 is 0 Å². The zero-order valence-corrected chi connectivity index (χ0v) is 15.8. The molecule has 0 heterocycles. The van der Waals surface area contributed by atoms with E-state index in [4.69, 9.17) is 4.74 Å². The van der Waals surface area contributed by atoms with Crippen molar-refractivity contribution in [1.29, 1.82) is 0 Å². The number of ether oxygens (including phenoxy) is 1. The minimum absolute atomic E-state index is 0.